The van der Waals surface area contributed by atoms with Crippen molar-refractivity contribution in [1.29, 1.82) is 0 Å². The molecule has 0 radical (unpaired) electrons. The molecule has 0 spiro atoms. The molecule has 2 fully saturated rings. The van der Waals surface area contributed by atoms with Gasteiger partial charge in [0.15, 0.2) is 0 Å². The SMILES string of the molecule is CC1(C)CC2(C)c3cc(-c4ccc5c(c4)C(c4ccccc4)(c4ccccc4)c4cc(-c6ccc7c(c6)C6(C)CC(C)(C)CC6(C)N7c6ccccc6)ccc4-5)ccc3N(c3ccccc3)C2(C)C1. The Morgan fingerprint density at radius 1 is 0.319 bits per heavy atom. The fraction of sp³-hybridized carbons (Fsp3) is 0.284. The molecule has 0 bridgehead atoms. The normalized spacial score (nSPS) is 26.0. The van der Waals surface area contributed by atoms with Crippen molar-refractivity contribution >= 4 is 22.7 Å². The predicted octanol–water partition coefficient (Wildman–Crippen LogP) is 17.4. The van der Waals surface area contributed by atoms with Crippen molar-refractivity contribution in [2.24, 2.45) is 10.8 Å². The molecule has 13 rings (SSSR count). The van der Waals surface area contributed by atoms with Gasteiger partial charge in [0.05, 0.1) is 16.5 Å². The molecular weight excluding hydrogens is 833 g/mol. The summed E-state index contributed by atoms with van der Waals surface area (Å²) in [7, 11) is 0. The van der Waals surface area contributed by atoms with Crippen molar-refractivity contribution in [3.63, 3.8) is 0 Å². The molecule has 2 aliphatic heterocycles. The largest absolute Gasteiger partial charge is 0.334 e. The van der Waals surface area contributed by atoms with Crippen molar-refractivity contribution in [2.75, 3.05) is 9.80 Å². The second kappa shape index (κ2) is 14.2. The van der Waals surface area contributed by atoms with E-state index in [1.807, 2.05) is 0 Å². The van der Waals surface area contributed by atoms with E-state index in [4.69, 9.17) is 0 Å². The van der Waals surface area contributed by atoms with Crippen LogP contribution in [0.5, 0.6) is 0 Å². The zero-order valence-electron chi connectivity index (χ0n) is 41.7. The number of benzene rings is 8. The standard InChI is InChI=1S/C67H64N2/c1-61(2)41-63(5)57-39-47(31-35-59(57)68(65(63,7)43-61)51-25-17-11-18-26-51)45-29-33-53-54-34-30-46(38-56(54)67(55(53)37-45,49-21-13-9-14-22-49)50-23-15-10-16-24-50)48-32-36-60-58(40-48)64(6)42-62(3,4)44-66(64,8)69(60)52-27-19-12-20-28-52/h9-40H,41-44H2,1-8H3. The predicted molar refractivity (Wildman–Crippen MR) is 289 cm³/mol. The molecule has 4 atom stereocenters. The Morgan fingerprint density at radius 3 is 1.00 bits per heavy atom. The molecule has 0 N–H and O–H groups in total. The van der Waals surface area contributed by atoms with Gasteiger partial charge in [-0.3, -0.25) is 0 Å². The highest BCUT2D eigenvalue weighted by Crippen LogP contribution is 2.69. The van der Waals surface area contributed by atoms with Crippen LogP contribution >= 0.6 is 0 Å². The van der Waals surface area contributed by atoms with E-state index in [0.717, 1.165) is 25.7 Å². The van der Waals surface area contributed by atoms with Gasteiger partial charge in [-0.05, 0) is 178 Å². The summed E-state index contributed by atoms with van der Waals surface area (Å²) < 4.78 is 0. The van der Waals surface area contributed by atoms with Crippen molar-refractivity contribution in [3.05, 3.63) is 228 Å². The summed E-state index contributed by atoms with van der Waals surface area (Å²) in [6, 6.07) is 74.5. The molecule has 5 aliphatic rings. The van der Waals surface area contributed by atoms with Crippen LogP contribution in [0.15, 0.2) is 194 Å². The second-order valence-corrected chi connectivity index (χ2v) is 24.1. The highest BCUT2D eigenvalue weighted by Gasteiger charge is 2.65. The molecule has 2 nitrogen and oxygen atoms in total. The minimum Gasteiger partial charge on any atom is -0.334 e. The van der Waals surface area contributed by atoms with Crippen LogP contribution in [0, 0.1) is 10.8 Å². The van der Waals surface area contributed by atoms with Crippen molar-refractivity contribution in [1.82, 2.24) is 0 Å². The summed E-state index contributed by atoms with van der Waals surface area (Å²) in [4.78, 5) is 5.36. The number of nitrogens with zero attached hydrogens (tertiary/aromatic N) is 2. The quantitative estimate of drug-likeness (QED) is 0.164. The van der Waals surface area contributed by atoms with Crippen LogP contribution in [0.4, 0.5) is 22.7 Å². The summed E-state index contributed by atoms with van der Waals surface area (Å²) in [6.45, 7) is 20.0. The van der Waals surface area contributed by atoms with E-state index in [0.29, 0.717) is 0 Å². The smallest absolute Gasteiger partial charge is 0.0713 e. The Hall–Kier alpha value is -6.64. The average Bonchev–Trinajstić information content (AvgIpc) is 3.94. The first-order valence-corrected chi connectivity index (χ1v) is 25.5. The molecule has 342 valence electrons. The number of hydrogen-bond donors (Lipinski definition) is 0. The zero-order chi connectivity index (χ0) is 47.3. The molecule has 0 saturated heterocycles. The van der Waals surface area contributed by atoms with Crippen molar-refractivity contribution < 1.29 is 0 Å². The highest BCUT2D eigenvalue weighted by molar-refractivity contribution is 5.91. The minimum absolute atomic E-state index is 0.0136. The van der Waals surface area contributed by atoms with E-state index < -0.39 is 5.41 Å². The molecular formula is C67H64N2. The van der Waals surface area contributed by atoms with Gasteiger partial charge in [0.2, 0.25) is 0 Å². The van der Waals surface area contributed by atoms with Crippen molar-refractivity contribution in [3.8, 4) is 33.4 Å². The topological polar surface area (TPSA) is 6.48 Å². The maximum absolute atomic E-state index is 2.68. The third-order valence-electron chi connectivity index (χ3n) is 18.6. The molecule has 2 saturated carbocycles. The molecule has 0 aromatic heterocycles. The Labute approximate surface area is 410 Å². The monoisotopic (exact) mass is 897 g/mol. The molecule has 0 amide bonds. The number of para-hydroxylation sites is 2. The zero-order valence-corrected chi connectivity index (χ0v) is 41.7. The lowest BCUT2D eigenvalue weighted by Crippen LogP contribution is -2.49. The minimum atomic E-state index is -0.541. The molecule has 69 heavy (non-hydrogen) atoms. The van der Waals surface area contributed by atoms with E-state index in [1.165, 1.54) is 89.5 Å². The molecule has 2 heteroatoms. The van der Waals surface area contributed by atoms with E-state index >= 15 is 0 Å². The average molecular weight is 897 g/mol. The van der Waals surface area contributed by atoms with E-state index in [9.17, 15) is 0 Å². The Kier molecular flexibility index (Phi) is 8.75. The lowest BCUT2D eigenvalue weighted by Gasteiger charge is -2.42. The highest BCUT2D eigenvalue weighted by atomic mass is 15.3. The maximum Gasteiger partial charge on any atom is 0.0713 e. The summed E-state index contributed by atoms with van der Waals surface area (Å²) in [6.07, 6.45) is 4.57. The fourth-order valence-electron chi connectivity index (χ4n) is 16.2. The third kappa shape index (κ3) is 5.67. The van der Waals surface area contributed by atoms with E-state index in [2.05, 4.69) is 259 Å². The third-order valence-corrected chi connectivity index (χ3v) is 18.6. The Balaban J connectivity index is 0.987. The Bertz CT molecular complexity index is 3130. The Morgan fingerprint density at radius 2 is 0.638 bits per heavy atom. The van der Waals surface area contributed by atoms with Gasteiger partial charge in [0, 0.05) is 33.6 Å². The summed E-state index contributed by atoms with van der Waals surface area (Å²) in [5, 5.41) is 0. The van der Waals surface area contributed by atoms with E-state index in [-0.39, 0.29) is 32.7 Å². The van der Waals surface area contributed by atoms with Crippen LogP contribution in [0.3, 0.4) is 0 Å². The molecule has 3 aliphatic carbocycles. The molecule has 2 heterocycles. The van der Waals surface area contributed by atoms with Gasteiger partial charge in [-0.25, -0.2) is 0 Å². The lowest BCUT2D eigenvalue weighted by molar-refractivity contribution is 0.330. The van der Waals surface area contributed by atoms with Crippen molar-refractivity contribution in [2.45, 2.75) is 108 Å². The first-order chi connectivity index (χ1) is 33.1. The number of fused-ring (bicyclic) bond motifs is 9. The molecule has 4 unspecified atom stereocenters. The first-order valence-electron chi connectivity index (χ1n) is 25.5. The second-order valence-electron chi connectivity index (χ2n) is 24.1. The first kappa shape index (κ1) is 42.5. The van der Waals surface area contributed by atoms with Gasteiger partial charge in [-0.1, -0.05) is 175 Å². The van der Waals surface area contributed by atoms with Gasteiger partial charge in [-0.2, -0.15) is 0 Å². The van der Waals surface area contributed by atoms with Crippen LogP contribution in [-0.4, -0.2) is 11.1 Å². The lowest BCUT2D eigenvalue weighted by atomic mass is 9.67. The van der Waals surface area contributed by atoms with Gasteiger partial charge >= 0.3 is 0 Å². The van der Waals surface area contributed by atoms with Crippen LogP contribution < -0.4 is 9.80 Å². The van der Waals surface area contributed by atoms with E-state index in [1.54, 1.807) is 0 Å². The van der Waals surface area contributed by atoms with Crippen LogP contribution in [0.1, 0.15) is 114 Å². The van der Waals surface area contributed by atoms with Crippen LogP contribution in [0.25, 0.3) is 33.4 Å². The molecule has 8 aromatic carbocycles. The van der Waals surface area contributed by atoms with Gasteiger partial charge in [-0.15, -0.1) is 0 Å². The van der Waals surface area contributed by atoms with Crippen LogP contribution in [0.2, 0.25) is 0 Å². The fourth-order valence-corrected chi connectivity index (χ4v) is 16.2. The van der Waals surface area contributed by atoms with Gasteiger partial charge in [0.1, 0.15) is 0 Å². The number of hydrogen-bond acceptors (Lipinski definition) is 2. The van der Waals surface area contributed by atoms with Gasteiger partial charge in [0.25, 0.3) is 0 Å². The van der Waals surface area contributed by atoms with Gasteiger partial charge < -0.3 is 9.80 Å². The summed E-state index contributed by atoms with van der Waals surface area (Å²) in [5.41, 5.74) is 21.0. The number of anilines is 4. The summed E-state index contributed by atoms with van der Waals surface area (Å²) in [5.74, 6) is 0. The molecule has 8 aromatic rings. The van der Waals surface area contributed by atoms with Crippen LogP contribution in [-0.2, 0) is 16.2 Å². The number of rotatable bonds is 6. The maximum atomic E-state index is 2.68. The summed E-state index contributed by atoms with van der Waals surface area (Å²) >= 11 is 0.